The van der Waals surface area contributed by atoms with E-state index in [1.54, 1.807) is 19.0 Å². The predicted octanol–water partition coefficient (Wildman–Crippen LogP) is 2.33. The molecule has 0 aromatic heterocycles. The normalized spacial score (nSPS) is 20.6. The van der Waals surface area contributed by atoms with Gasteiger partial charge < -0.3 is 9.69 Å². The summed E-state index contributed by atoms with van der Waals surface area (Å²) in [4.78, 5) is 24.8. The summed E-state index contributed by atoms with van der Waals surface area (Å²) in [6.07, 6.45) is 2.29. The second kappa shape index (κ2) is 7.07. The second-order valence-corrected chi connectivity index (χ2v) is 4.82. The first-order chi connectivity index (χ1) is 9.13. The summed E-state index contributed by atoms with van der Waals surface area (Å²) in [5, 5.41) is 0. The molecule has 2 atom stereocenters. The van der Waals surface area contributed by atoms with E-state index in [0.717, 1.165) is 6.29 Å². The molecule has 0 aliphatic heterocycles. The number of benzene rings is 1. The van der Waals surface area contributed by atoms with Crippen molar-refractivity contribution in [2.24, 2.45) is 11.8 Å². The van der Waals surface area contributed by atoms with Crippen LogP contribution >= 0.6 is 0 Å². The Kier molecular flexibility index (Phi) is 5.74. The van der Waals surface area contributed by atoms with Crippen molar-refractivity contribution in [2.45, 2.75) is 26.7 Å². The van der Waals surface area contributed by atoms with E-state index in [4.69, 9.17) is 0 Å². The fraction of sp³-hybridized carbons (Fsp3) is 0.500. The number of carbonyl (C=O) groups excluding carboxylic acids is 2. The molecule has 1 aromatic rings. The standard InChI is InChI=1S/C14H17NO2.C2H6/c1-15(2)14(17)13-8-11-6-4-3-5-10(11)7-12(13)9-16;1-2/h3-6,9,12-13H,7-8H2,1-2H3;1-2H3. The highest BCUT2D eigenvalue weighted by Crippen LogP contribution is 2.30. The van der Waals surface area contributed by atoms with Gasteiger partial charge in [0.25, 0.3) is 0 Å². The van der Waals surface area contributed by atoms with Gasteiger partial charge in [-0.15, -0.1) is 0 Å². The first-order valence-corrected chi connectivity index (χ1v) is 6.86. The molecule has 0 saturated heterocycles. The molecule has 0 fully saturated rings. The molecule has 19 heavy (non-hydrogen) atoms. The van der Waals surface area contributed by atoms with E-state index in [0.29, 0.717) is 12.8 Å². The summed E-state index contributed by atoms with van der Waals surface area (Å²) in [5.41, 5.74) is 2.40. The number of amides is 1. The van der Waals surface area contributed by atoms with Gasteiger partial charge in [0.2, 0.25) is 5.91 Å². The predicted molar refractivity (Wildman–Crippen MR) is 76.9 cm³/mol. The largest absolute Gasteiger partial charge is 0.349 e. The molecule has 1 aliphatic rings. The van der Waals surface area contributed by atoms with Crippen LogP contribution in [0.15, 0.2) is 24.3 Å². The fourth-order valence-electron chi connectivity index (χ4n) is 2.49. The molecule has 1 amide bonds. The number of rotatable bonds is 2. The Balaban J connectivity index is 0.000000861. The minimum absolute atomic E-state index is 0.0524. The maximum atomic E-state index is 12.0. The Labute approximate surface area is 115 Å². The molecule has 0 N–H and O–H groups in total. The van der Waals surface area contributed by atoms with Gasteiger partial charge in [0.05, 0.1) is 5.92 Å². The second-order valence-electron chi connectivity index (χ2n) is 4.82. The summed E-state index contributed by atoms with van der Waals surface area (Å²) >= 11 is 0. The molecule has 2 unspecified atom stereocenters. The van der Waals surface area contributed by atoms with Crippen LogP contribution in [0.3, 0.4) is 0 Å². The topological polar surface area (TPSA) is 37.4 Å². The SMILES string of the molecule is CC.CN(C)C(=O)C1Cc2ccccc2CC1C=O. The average molecular weight is 261 g/mol. The van der Waals surface area contributed by atoms with Gasteiger partial charge in [-0.25, -0.2) is 0 Å². The van der Waals surface area contributed by atoms with Crippen LogP contribution in [0.2, 0.25) is 0 Å². The molecule has 2 rings (SSSR count). The first kappa shape index (κ1) is 15.4. The van der Waals surface area contributed by atoms with Crippen molar-refractivity contribution < 1.29 is 9.59 Å². The Morgan fingerprint density at radius 2 is 1.68 bits per heavy atom. The minimum Gasteiger partial charge on any atom is -0.349 e. The van der Waals surface area contributed by atoms with Crippen LogP contribution in [0, 0.1) is 11.8 Å². The lowest BCUT2D eigenvalue weighted by Gasteiger charge is -2.30. The van der Waals surface area contributed by atoms with E-state index >= 15 is 0 Å². The molecule has 3 heteroatoms. The van der Waals surface area contributed by atoms with Crippen molar-refractivity contribution in [3.05, 3.63) is 35.4 Å². The molecule has 1 aliphatic carbocycles. The van der Waals surface area contributed by atoms with Crippen molar-refractivity contribution in [2.75, 3.05) is 14.1 Å². The molecular weight excluding hydrogens is 238 g/mol. The van der Waals surface area contributed by atoms with Crippen LogP contribution in [0.4, 0.5) is 0 Å². The Morgan fingerprint density at radius 3 is 2.16 bits per heavy atom. The third kappa shape index (κ3) is 3.43. The zero-order chi connectivity index (χ0) is 14.4. The molecule has 0 bridgehead atoms. The fourth-order valence-corrected chi connectivity index (χ4v) is 2.49. The van der Waals surface area contributed by atoms with Crippen LogP contribution in [-0.4, -0.2) is 31.2 Å². The highest BCUT2D eigenvalue weighted by Gasteiger charge is 2.33. The molecule has 0 spiro atoms. The highest BCUT2D eigenvalue weighted by molar-refractivity contribution is 5.82. The zero-order valence-electron chi connectivity index (χ0n) is 12.2. The molecule has 0 radical (unpaired) electrons. The van der Waals surface area contributed by atoms with Gasteiger partial charge >= 0.3 is 0 Å². The zero-order valence-corrected chi connectivity index (χ0v) is 12.2. The summed E-state index contributed by atoms with van der Waals surface area (Å²) in [5.74, 6) is -0.325. The van der Waals surface area contributed by atoms with Gasteiger partial charge in [0, 0.05) is 20.0 Å². The Bertz CT molecular complexity index is 440. The van der Waals surface area contributed by atoms with Crippen LogP contribution in [0.1, 0.15) is 25.0 Å². The summed E-state index contributed by atoms with van der Waals surface area (Å²) in [6.45, 7) is 4.00. The molecule has 104 valence electrons. The maximum absolute atomic E-state index is 12.0. The summed E-state index contributed by atoms with van der Waals surface area (Å²) in [7, 11) is 3.48. The summed E-state index contributed by atoms with van der Waals surface area (Å²) < 4.78 is 0. The average Bonchev–Trinajstić information content (AvgIpc) is 2.47. The number of hydrogen-bond donors (Lipinski definition) is 0. The van der Waals surface area contributed by atoms with Gasteiger partial charge in [-0.1, -0.05) is 38.1 Å². The van der Waals surface area contributed by atoms with Crippen molar-refractivity contribution in [3.63, 3.8) is 0 Å². The van der Waals surface area contributed by atoms with Crippen LogP contribution in [-0.2, 0) is 22.4 Å². The monoisotopic (exact) mass is 261 g/mol. The number of carbonyl (C=O) groups is 2. The minimum atomic E-state index is -0.197. The van der Waals surface area contributed by atoms with E-state index in [2.05, 4.69) is 0 Å². The lowest BCUT2D eigenvalue weighted by atomic mass is 9.76. The number of fused-ring (bicyclic) bond motifs is 1. The van der Waals surface area contributed by atoms with Crippen LogP contribution in [0.5, 0.6) is 0 Å². The van der Waals surface area contributed by atoms with Crippen LogP contribution < -0.4 is 0 Å². The number of hydrogen-bond acceptors (Lipinski definition) is 2. The van der Waals surface area contributed by atoms with Crippen molar-refractivity contribution in [1.82, 2.24) is 4.90 Å². The molecule has 0 heterocycles. The number of aldehydes is 1. The Morgan fingerprint density at radius 1 is 1.16 bits per heavy atom. The van der Waals surface area contributed by atoms with Gasteiger partial charge in [0.1, 0.15) is 6.29 Å². The van der Waals surface area contributed by atoms with Gasteiger partial charge in [0.15, 0.2) is 0 Å². The van der Waals surface area contributed by atoms with E-state index in [1.165, 1.54) is 11.1 Å². The molecule has 3 nitrogen and oxygen atoms in total. The van der Waals surface area contributed by atoms with Crippen LogP contribution in [0.25, 0.3) is 0 Å². The third-order valence-corrected chi connectivity index (χ3v) is 3.46. The van der Waals surface area contributed by atoms with Gasteiger partial charge in [-0.2, -0.15) is 0 Å². The van der Waals surface area contributed by atoms with Gasteiger partial charge in [-0.05, 0) is 24.0 Å². The van der Waals surface area contributed by atoms with Crippen molar-refractivity contribution >= 4 is 12.2 Å². The smallest absolute Gasteiger partial charge is 0.226 e. The third-order valence-electron chi connectivity index (χ3n) is 3.46. The Hall–Kier alpha value is -1.64. The first-order valence-electron chi connectivity index (χ1n) is 6.86. The van der Waals surface area contributed by atoms with E-state index in [-0.39, 0.29) is 17.7 Å². The van der Waals surface area contributed by atoms with Gasteiger partial charge in [-0.3, -0.25) is 4.79 Å². The molecule has 1 aromatic carbocycles. The van der Waals surface area contributed by atoms with E-state index in [1.807, 2.05) is 38.1 Å². The maximum Gasteiger partial charge on any atom is 0.226 e. The molecular formula is C16H23NO2. The van der Waals surface area contributed by atoms with Crippen molar-refractivity contribution in [3.8, 4) is 0 Å². The molecule has 0 saturated carbocycles. The number of nitrogens with zero attached hydrogens (tertiary/aromatic N) is 1. The van der Waals surface area contributed by atoms with Crippen molar-refractivity contribution in [1.29, 1.82) is 0 Å². The lowest BCUT2D eigenvalue weighted by Crippen LogP contribution is -2.39. The van der Waals surface area contributed by atoms with E-state index < -0.39 is 0 Å². The lowest BCUT2D eigenvalue weighted by molar-refractivity contribution is -0.137. The summed E-state index contributed by atoms with van der Waals surface area (Å²) in [6, 6.07) is 8.06. The highest BCUT2D eigenvalue weighted by atomic mass is 16.2. The quantitative estimate of drug-likeness (QED) is 0.766. The van der Waals surface area contributed by atoms with E-state index in [9.17, 15) is 9.59 Å².